The highest BCUT2D eigenvalue weighted by Gasteiger charge is 2.30. The molecule has 3 nitrogen and oxygen atoms in total. The lowest BCUT2D eigenvalue weighted by molar-refractivity contribution is 0.0782. The zero-order valence-corrected chi connectivity index (χ0v) is 10.6. The molecule has 1 aromatic rings. The van der Waals surface area contributed by atoms with E-state index in [4.69, 9.17) is 0 Å². The van der Waals surface area contributed by atoms with Crippen LogP contribution in [-0.4, -0.2) is 29.0 Å². The van der Waals surface area contributed by atoms with Gasteiger partial charge >= 0.3 is 0 Å². The lowest BCUT2D eigenvalue weighted by Crippen LogP contribution is -2.28. The summed E-state index contributed by atoms with van der Waals surface area (Å²) in [5, 5.41) is 9.81. The fourth-order valence-corrected chi connectivity index (χ4v) is 2.29. The van der Waals surface area contributed by atoms with Gasteiger partial charge in [0.05, 0.1) is 5.56 Å². The Kier molecular flexibility index (Phi) is 3.09. The maximum absolute atomic E-state index is 12.2. The molecule has 1 amide bonds. The molecule has 2 rings (SSSR count). The number of nitrogens with zero attached hydrogens (tertiary/aromatic N) is 1. The van der Waals surface area contributed by atoms with Gasteiger partial charge in [-0.2, -0.15) is 0 Å². The first-order valence-corrected chi connectivity index (χ1v) is 6.08. The molecule has 2 unspecified atom stereocenters. The SMILES string of the molecule is Cc1ccc(C(=O)N2CC(C)C(C)C2)c(O)c1. The topological polar surface area (TPSA) is 40.5 Å². The second-order valence-corrected chi connectivity index (χ2v) is 5.19. The Morgan fingerprint density at radius 2 is 1.88 bits per heavy atom. The molecule has 0 aromatic heterocycles. The van der Waals surface area contributed by atoms with E-state index in [-0.39, 0.29) is 11.7 Å². The van der Waals surface area contributed by atoms with Gasteiger partial charge in [0, 0.05) is 13.1 Å². The van der Waals surface area contributed by atoms with Crippen LogP contribution in [0.1, 0.15) is 29.8 Å². The third kappa shape index (κ3) is 2.28. The van der Waals surface area contributed by atoms with Gasteiger partial charge in [-0.15, -0.1) is 0 Å². The summed E-state index contributed by atoms with van der Waals surface area (Å²) in [5.74, 6) is 1.10. The van der Waals surface area contributed by atoms with E-state index >= 15 is 0 Å². The minimum absolute atomic E-state index is 0.0568. The Bertz CT molecular complexity index is 432. The standard InChI is InChI=1S/C14H19NO2/c1-9-4-5-12(13(16)6-9)14(17)15-7-10(2)11(3)8-15/h4-6,10-11,16H,7-8H2,1-3H3. The van der Waals surface area contributed by atoms with Crippen LogP contribution in [0.2, 0.25) is 0 Å². The van der Waals surface area contributed by atoms with Crippen LogP contribution >= 0.6 is 0 Å². The van der Waals surface area contributed by atoms with Crippen LogP contribution in [0.5, 0.6) is 5.75 Å². The van der Waals surface area contributed by atoms with E-state index in [1.165, 1.54) is 0 Å². The summed E-state index contributed by atoms with van der Waals surface area (Å²) in [6, 6.07) is 5.20. The van der Waals surface area contributed by atoms with E-state index in [0.29, 0.717) is 17.4 Å². The number of carbonyl (C=O) groups is 1. The molecule has 2 atom stereocenters. The normalized spacial score (nSPS) is 24.1. The van der Waals surface area contributed by atoms with E-state index in [1.54, 1.807) is 12.1 Å². The third-order valence-corrected chi connectivity index (χ3v) is 3.66. The second-order valence-electron chi connectivity index (χ2n) is 5.19. The molecule has 1 saturated heterocycles. The quantitative estimate of drug-likeness (QED) is 0.809. The van der Waals surface area contributed by atoms with Crippen molar-refractivity contribution < 1.29 is 9.90 Å². The molecule has 92 valence electrons. The van der Waals surface area contributed by atoms with Crippen LogP contribution in [0.25, 0.3) is 0 Å². The Morgan fingerprint density at radius 1 is 1.29 bits per heavy atom. The van der Waals surface area contributed by atoms with Gasteiger partial charge in [0.15, 0.2) is 0 Å². The molecule has 17 heavy (non-hydrogen) atoms. The van der Waals surface area contributed by atoms with Gasteiger partial charge in [-0.25, -0.2) is 0 Å². The van der Waals surface area contributed by atoms with Crippen molar-refractivity contribution >= 4 is 5.91 Å². The van der Waals surface area contributed by atoms with E-state index in [1.807, 2.05) is 17.9 Å². The number of aromatic hydroxyl groups is 1. The van der Waals surface area contributed by atoms with Gasteiger partial charge in [-0.3, -0.25) is 4.79 Å². The van der Waals surface area contributed by atoms with Crippen molar-refractivity contribution in [2.45, 2.75) is 20.8 Å². The fraction of sp³-hybridized carbons (Fsp3) is 0.500. The van der Waals surface area contributed by atoms with Crippen LogP contribution in [0.3, 0.4) is 0 Å². The summed E-state index contributed by atoms with van der Waals surface area (Å²) < 4.78 is 0. The molecule has 0 radical (unpaired) electrons. The summed E-state index contributed by atoms with van der Waals surface area (Å²) in [6.07, 6.45) is 0. The average Bonchev–Trinajstić information content (AvgIpc) is 2.58. The van der Waals surface area contributed by atoms with Crippen molar-refractivity contribution in [1.82, 2.24) is 4.90 Å². The number of likely N-dealkylation sites (tertiary alicyclic amines) is 1. The summed E-state index contributed by atoms with van der Waals surface area (Å²) in [5.41, 5.74) is 1.37. The molecule has 1 aliphatic heterocycles. The zero-order valence-electron chi connectivity index (χ0n) is 10.6. The molecular weight excluding hydrogens is 214 g/mol. The maximum atomic E-state index is 12.2. The van der Waals surface area contributed by atoms with E-state index < -0.39 is 0 Å². The lowest BCUT2D eigenvalue weighted by atomic mass is 10.0. The van der Waals surface area contributed by atoms with Gasteiger partial charge < -0.3 is 10.0 Å². The molecular formula is C14H19NO2. The molecule has 1 fully saturated rings. The first-order chi connectivity index (χ1) is 7.99. The number of rotatable bonds is 1. The first kappa shape index (κ1) is 12.0. The van der Waals surface area contributed by atoms with Gasteiger partial charge in [0.1, 0.15) is 5.75 Å². The van der Waals surface area contributed by atoms with Gasteiger partial charge in [-0.05, 0) is 36.5 Å². The van der Waals surface area contributed by atoms with Crippen LogP contribution in [0, 0.1) is 18.8 Å². The second kappa shape index (κ2) is 4.40. The Hall–Kier alpha value is -1.51. The number of amides is 1. The predicted molar refractivity (Wildman–Crippen MR) is 67.1 cm³/mol. The third-order valence-electron chi connectivity index (χ3n) is 3.66. The van der Waals surface area contributed by atoms with Crippen molar-refractivity contribution in [2.75, 3.05) is 13.1 Å². The molecule has 3 heteroatoms. The molecule has 1 heterocycles. The number of benzene rings is 1. The predicted octanol–water partition coefficient (Wildman–Crippen LogP) is 2.43. The molecule has 0 aliphatic carbocycles. The largest absolute Gasteiger partial charge is 0.507 e. The molecule has 0 spiro atoms. The van der Waals surface area contributed by atoms with Gasteiger partial charge in [0.2, 0.25) is 0 Å². The number of aryl methyl sites for hydroxylation is 1. The van der Waals surface area contributed by atoms with Crippen LogP contribution in [0.15, 0.2) is 18.2 Å². The Balaban J connectivity index is 2.20. The van der Waals surface area contributed by atoms with Crippen molar-refractivity contribution in [1.29, 1.82) is 0 Å². The molecule has 1 aliphatic rings. The highest BCUT2D eigenvalue weighted by atomic mass is 16.3. The van der Waals surface area contributed by atoms with E-state index in [2.05, 4.69) is 13.8 Å². The summed E-state index contributed by atoms with van der Waals surface area (Å²) in [4.78, 5) is 14.1. The van der Waals surface area contributed by atoms with E-state index in [0.717, 1.165) is 18.7 Å². The monoisotopic (exact) mass is 233 g/mol. The van der Waals surface area contributed by atoms with Crippen LogP contribution < -0.4 is 0 Å². The minimum Gasteiger partial charge on any atom is -0.507 e. The number of hydrogen-bond donors (Lipinski definition) is 1. The summed E-state index contributed by atoms with van der Waals surface area (Å²) >= 11 is 0. The van der Waals surface area contributed by atoms with Crippen molar-refractivity contribution in [3.05, 3.63) is 29.3 Å². The van der Waals surface area contributed by atoms with E-state index in [9.17, 15) is 9.90 Å². The molecule has 1 N–H and O–H groups in total. The smallest absolute Gasteiger partial charge is 0.257 e. The average molecular weight is 233 g/mol. The number of hydrogen-bond acceptors (Lipinski definition) is 2. The van der Waals surface area contributed by atoms with Crippen molar-refractivity contribution in [3.8, 4) is 5.75 Å². The van der Waals surface area contributed by atoms with Crippen LogP contribution in [0.4, 0.5) is 0 Å². The highest BCUT2D eigenvalue weighted by Crippen LogP contribution is 2.26. The molecule has 0 bridgehead atoms. The molecule has 0 saturated carbocycles. The zero-order chi connectivity index (χ0) is 12.6. The minimum atomic E-state index is -0.0568. The summed E-state index contributed by atoms with van der Waals surface area (Å²) in [6.45, 7) is 7.79. The van der Waals surface area contributed by atoms with Crippen LogP contribution in [-0.2, 0) is 0 Å². The maximum Gasteiger partial charge on any atom is 0.257 e. The Labute approximate surface area is 102 Å². The first-order valence-electron chi connectivity index (χ1n) is 6.08. The molecule has 1 aromatic carbocycles. The summed E-state index contributed by atoms with van der Waals surface area (Å²) in [7, 11) is 0. The lowest BCUT2D eigenvalue weighted by Gasteiger charge is -2.16. The highest BCUT2D eigenvalue weighted by molar-refractivity contribution is 5.97. The number of phenolic OH excluding ortho intramolecular Hbond substituents is 1. The fourth-order valence-electron chi connectivity index (χ4n) is 2.29. The van der Waals surface area contributed by atoms with Crippen molar-refractivity contribution in [3.63, 3.8) is 0 Å². The number of phenols is 1. The van der Waals surface area contributed by atoms with Gasteiger partial charge in [0.25, 0.3) is 5.91 Å². The van der Waals surface area contributed by atoms with Crippen molar-refractivity contribution in [2.24, 2.45) is 11.8 Å². The van der Waals surface area contributed by atoms with Gasteiger partial charge in [-0.1, -0.05) is 19.9 Å². The Morgan fingerprint density at radius 3 is 2.41 bits per heavy atom. The number of carbonyl (C=O) groups excluding carboxylic acids is 1.